The Morgan fingerprint density at radius 2 is 1.77 bits per heavy atom. The number of hydrogen-bond acceptors (Lipinski definition) is 3. The number of para-hydroxylation sites is 2. The van der Waals surface area contributed by atoms with Crippen LogP contribution in [0.5, 0.6) is 5.75 Å². The van der Waals surface area contributed by atoms with Crippen LogP contribution in [0.1, 0.15) is 5.69 Å². The molecule has 0 unspecified atom stereocenters. The monoisotopic (exact) mass is 292 g/mol. The first-order valence-electron chi connectivity index (χ1n) is 6.86. The predicted molar refractivity (Wildman–Crippen MR) is 80.6 cm³/mol. The second-order valence-electron chi connectivity index (χ2n) is 5.09. The first-order valence-corrected chi connectivity index (χ1v) is 6.86. The number of carbonyl (C=O) groups is 1. The second kappa shape index (κ2) is 4.54. The predicted octanol–water partition coefficient (Wildman–Crippen LogP) is 0.655. The number of aliphatic hydroxyl groups is 1. The number of nitrogens with zero attached hydrogens (tertiary/aromatic N) is 2. The van der Waals surface area contributed by atoms with Gasteiger partial charge in [-0.25, -0.2) is 4.99 Å². The maximum Gasteiger partial charge on any atom is 0.280 e. The van der Waals surface area contributed by atoms with E-state index in [0.717, 1.165) is 0 Å². The molecule has 0 bridgehead atoms. The standard InChI is InChI=1S/C17H12N2O3/c20-9-19-13-8-4-2-6-11(13)16(21)15(19)14-10-5-1-3-7-12(10)18-17(14)22/h1-8,20-21H,9H2. The lowest BCUT2D eigenvalue weighted by molar-refractivity contribution is -0.112. The summed E-state index contributed by atoms with van der Waals surface area (Å²) in [5.74, 6) is -0.422. The Morgan fingerprint density at radius 1 is 1.05 bits per heavy atom. The highest BCUT2D eigenvalue weighted by atomic mass is 16.3. The van der Waals surface area contributed by atoms with Crippen LogP contribution >= 0.6 is 0 Å². The Balaban J connectivity index is 2.19. The van der Waals surface area contributed by atoms with Gasteiger partial charge in [0.05, 0.1) is 22.1 Å². The van der Waals surface area contributed by atoms with Crippen LogP contribution in [0.2, 0.25) is 0 Å². The van der Waals surface area contributed by atoms with Crippen molar-refractivity contribution in [1.82, 2.24) is 4.57 Å². The fourth-order valence-electron chi connectivity index (χ4n) is 2.98. The maximum atomic E-state index is 12.3. The molecule has 2 aromatic carbocycles. The molecule has 2 N–H and O–H groups in total. The highest BCUT2D eigenvalue weighted by Gasteiger charge is 2.26. The lowest BCUT2D eigenvalue weighted by Gasteiger charge is -2.07. The number of aromatic hydroxyl groups is 1. The van der Waals surface area contributed by atoms with Crippen LogP contribution in [-0.2, 0) is 11.5 Å². The summed E-state index contributed by atoms with van der Waals surface area (Å²) in [6.45, 7) is -0.338. The molecule has 0 aliphatic carbocycles. The molecule has 0 saturated heterocycles. The third-order valence-corrected chi connectivity index (χ3v) is 3.93. The van der Waals surface area contributed by atoms with Crippen molar-refractivity contribution >= 4 is 22.4 Å². The van der Waals surface area contributed by atoms with Gasteiger partial charge in [0, 0.05) is 10.6 Å². The fourth-order valence-corrected chi connectivity index (χ4v) is 2.98. The Hall–Kier alpha value is -2.92. The van der Waals surface area contributed by atoms with Crippen molar-refractivity contribution in [2.75, 3.05) is 0 Å². The molecule has 3 aromatic rings. The summed E-state index contributed by atoms with van der Waals surface area (Å²) in [6.07, 6.45) is 0. The van der Waals surface area contributed by atoms with Crippen molar-refractivity contribution in [3.63, 3.8) is 0 Å². The van der Waals surface area contributed by atoms with Gasteiger partial charge in [-0.05, 0) is 18.2 Å². The van der Waals surface area contributed by atoms with Crippen LogP contribution in [0.4, 0.5) is 0 Å². The number of benzene rings is 2. The number of carbonyl (C=O) groups excluding carboxylic acids is 1. The largest absolute Gasteiger partial charge is 0.505 e. The maximum absolute atomic E-state index is 12.3. The SMILES string of the molecule is O=C1N=c2ccccc2=C1c1c(O)c2ccccc2n1CO. The van der Waals surface area contributed by atoms with E-state index in [-0.39, 0.29) is 12.5 Å². The minimum atomic E-state index is -0.408. The zero-order chi connectivity index (χ0) is 15.3. The first kappa shape index (κ1) is 12.8. The molecule has 1 aliphatic heterocycles. The molecule has 0 atom stereocenters. The van der Waals surface area contributed by atoms with E-state index < -0.39 is 5.91 Å². The molecular formula is C17H12N2O3. The Morgan fingerprint density at radius 3 is 2.59 bits per heavy atom. The van der Waals surface area contributed by atoms with E-state index in [2.05, 4.69) is 4.99 Å². The third-order valence-electron chi connectivity index (χ3n) is 3.93. The zero-order valence-corrected chi connectivity index (χ0v) is 11.5. The third kappa shape index (κ3) is 1.57. The van der Waals surface area contributed by atoms with Gasteiger partial charge in [-0.1, -0.05) is 30.3 Å². The van der Waals surface area contributed by atoms with E-state index in [1.54, 1.807) is 36.4 Å². The van der Waals surface area contributed by atoms with Crippen LogP contribution in [0.25, 0.3) is 16.5 Å². The molecule has 2 heterocycles. The Kier molecular flexibility index (Phi) is 2.64. The van der Waals surface area contributed by atoms with E-state index in [4.69, 9.17) is 0 Å². The fraction of sp³-hybridized carbons (Fsp3) is 0.0588. The molecular weight excluding hydrogens is 280 g/mol. The highest BCUT2D eigenvalue weighted by molar-refractivity contribution is 6.22. The van der Waals surface area contributed by atoms with Gasteiger partial charge in [-0.15, -0.1) is 0 Å². The lowest BCUT2D eigenvalue weighted by atomic mass is 10.1. The molecule has 0 spiro atoms. The van der Waals surface area contributed by atoms with Gasteiger partial charge in [-0.3, -0.25) is 4.79 Å². The minimum Gasteiger partial charge on any atom is -0.505 e. The van der Waals surface area contributed by atoms with Gasteiger partial charge in [0.15, 0.2) is 0 Å². The van der Waals surface area contributed by atoms with Crippen LogP contribution in [-0.4, -0.2) is 20.7 Å². The van der Waals surface area contributed by atoms with Crippen molar-refractivity contribution in [2.45, 2.75) is 6.73 Å². The van der Waals surface area contributed by atoms with Crippen LogP contribution in [0, 0.1) is 0 Å². The summed E-state index contributed by atoms with van der Waals surface area (Å²) in [5.41, 5.74) is 1.29. The summed E-state index contributed by atoms with van der Waals surface area (Å²) >= 11 is 0. The van der Waals surface area contributed by atoms with Crippen LogP contribution < -0.4 is 10.6 Å². The average Bonchev–Trinajstić information content (AvgIpc) is 3.01. The average molecular weight is 292 g/mol. The molecule has 1 aliphatic rings. The van der Waals surface area contributed by atoms with Crippen molar-refractivity contribution in [1.29, 1.82) is 0 Å². The number of rotatable bonds is 2. The van der Waals surface area contributed by atoms with E-state index in [0.29, 0.717) is 32.7 Å². The minimum absolute atomic E-state index is 0.0140. The summed E-state index contributed by atoms with van der Waals surface area (Å²) in [7, 11) is 0. The van der Waals surface area contributed by atoms with Gasteiger partial charge in [0.1, 0.15) is 12.5 Å². The molecule has 4 rings (SSSR count). The molecule has 22 heavy (non-hydrogen) atoms. The number of fused-ring (bicyclic) bond motifs is 2. The van der Waals surface area contributed by atoms with E-state index in [1.807, 2.05) is 12.1 Å². The van der Waals surface area contributed by atoms with Crippen LogP contribution in [0.3, 0.4) is 0 Å². The van der Waals surface area contributed by atoms with Gasteiger partial charge in [0.2, 0.25) is 0 Å². The van der Waals surface area contributed by atoms with Crippen molar-refractivity contribution in [3.8, 4) is 5.75 Å². The molecule has 5 nitrogen and oxygen atoms in total. The van der Waals surface area contributed by atoms with Crippen molar-refractivity contribution in [3.05, 3.63) is 64.8 Å². The molecule has 108 valence electrons. The quantitative estimate of drug-likeness (QED) is 0.728. The molecule has 1 amide bonds. The van der Waals surface area contributed by atoms with Crippen molar-refractivity contribution in [2.24, 2.45) is 4.99 Å². The summed E-state index contributed by atoms with van der Waals surface area (Å²) in [5, 5.41) is 22.1. The first-order chi connectivity index (χ1) is 10.7. The topological polar surface area (TPSA) is 74.8 Å². The van der Waals surface area contributed by atoms with Gasteiger partial charge < -0.3 is 14.8 Å². The van der Waals surface area contributed by atoms with Crippen LogP contribution in [0.15, 0.2) is 53.5 Å². The van der Waals surface area contributed by atoms with E-state index >= 15 is 0 Å². The molecule has 0 saturated carbocycles. The number of aromatic nitrogens is 1. The normalized spacial score (nSPS) is 13.5. The molecule has 0 fully saturated rings. The highest BCUT2D eigenvalue weighted by Crippen LogP contribution is 2.36. The van der Waals surface area contributed by atoms with Gasteiger partial charge in [0.25, 0.3) is 5.91 Å². The molecule has 1 aromatic heterocycles. The summed E-state index contributed by atoms with van der Waals surface area (Å²) < 4.78 is 1.52. The van der Waals surface area contributed by atoms with Crippen molar-refractivity contribution < 1.29 is 15.0 Å². The second-order valence-corrected chi connectivity index (χ2v) is 5.09. The lowest BCUT2D eigenvalue weighted by Crippen LogP contribution is -2.23. The number of aliphatic hydroxyl groups excluding tert-OH is 1. The Labute approximate surface area is 125 Å². The zero-order valence-electron chi connectivity index (χ0n) is 11.5. The number of amides is 1. The smallest absolute Gasteiger partial charge is 0.280 e. The van der Waals surface area contributed by atoms with E-state index in [1.165, 1.54) is 4.57 Å². The van der Waals surface area contributed by atoms with E-state index in [9.17, 15) is 15.0 Å². The Bertz CT molecular complexity index is 1050. The molecule has 5 heteroatoms. The van der Waals surface area contributed by atoms with Gasteiger partial charge >= 0.3 is 0 Å². The number of hydrogen-bond donors (Lipinski definition) is 2. The summed E-state index contributed by atoms with van der Waals surface area (Å²) in [4.78, 5) is 16.3. The van der Waals surface area contributed by atoms with Gasteiger partial charge in [-0.2, -0.15) is 0 Å². The summed E-state index contributed by atoms with van der Waals surface area (Å²) in [6, 6.07) is 14.3. The molecule has 0 radical (unpaired) electrons.